The van der Waals surface area contributed by atoms with Gasteiger partial charge in [-0.25, -0.2) is 29.3 Å². The smallest absolute Gasteiger partial charge is 0.390 e. The minimum atomic E-state index is -5.74. The highest BCUT2D eigenvalue weighted by atomic mass is 31.3. The molecule has 0 saturated carbocycles. The number of nitrogens with zero attached hydrogens (tertiary/aromatic N) is 3. The molecule has 1 fully saturated rings. The maximum atomic E-state index is 12.4. The van der Waals surface area contributed by atoms with Crippen LogP contribution in [0.3, 0.4) is 0 Å². The lowest BCUT2D eigenvalue weighted by Gasteiger charge is -2.19. The first kappa shape index (κ1) is 33.5. The maximum Gasteiger partial charge on any atom is 0.490 e. The molecule has 3 heterocycles. The summed E-state index contributed by atoms with van der Waals surface area (Å²) in [6.07, 6.45) is -1.79. The number of hydrogen-bond acceptors (Lipinski definition) is 15. The summed E-state index contributed by atoms with van der Waals surface area (Å²) in [6, 6.07) is 2.97. The van der Waals surface area contributed by atoms with Crippen LogP contribution in [0.25, 0.3) is 0 Å². The van der Waals surface area contributed by atoms with Crippen molar-refractivity contribution in [3.63, 3.8) is 0 Å². The van der Waals surface area contributed by atoms with E-state index in [2.05, 4.69) is 45.7 Å². The van der Waals surface area contributed by atoms with Gasteiger partial charge in [-0.1, -0.05) is 11.8 Å². The number of rotatable bonds is 11. The standard InChI is InChI=1S/C18H24N7O14P3/c19-16-11(2-1-5-21-17(27)10-3-4-14(24-20)22-7-10)8-25(18(28)23-16)15-6-12(26)13(37-15)9-36-41(32,33)39-42(34,35)38-40(29,30)31/h3-4,7-8,12-13,15,26H,5-6,9,20H2,(H,21,27)(H,22,24)(H,32,33)(H,34,35)(H2,19,23,28)(H2,29,30,31)/t12-,13+,15+/m0/s1. The second kappa shape index (κ2) is 13.5. The summed E-state index contributed by atoms with van der Waals surface area (Å²) in [4.78, 5) is 68.1. The molecule has 42 heavy (non-hydrogen) atoms. The number of carbonyl (C=O) groups excluding carboxylic acids is 1. The van der Waals surface area contributed by atoms with Gasteiger partial charge in [-0.3, -0.25) is 13.9 Å². The molecule has 1 amide bonds. The second-order valence-corrected chi connectivity index (χ2v) is 12.5. The van der Waals surface area contributed by atoms with Crippen LogP contribution in [0.4, 0.5) is 11.6 Å². The molecule has 1 saturated heterocycles. The van der Waals surface area contributed by atoms with Gasteiger partial charge in [-0.05, 0) is 12.1 Å². The first-order valence-electron chi connectivity index (χ1n) is 11.2. The van der Waals surface area contributed by atoms with Crippen LogP contribution in [0.15, 0.2) is 29.3 Å². The van der Waals surface area contributed by atoms with Crippen LogP contribution in [-0.2, 0) is 31.6 Å². The summed E-state index contributed by atoms with van der Waals surface area (Å²) in [7, 11) is -16.8. The van der Waals surface area contributed by atoms with Crippen LogP contribution in [-0.4, -0.2) is 70.5 Å². The van der Waals surface area contributed by atoms with E-state index in [-0.39, 0.29) is 29.9 Å². The van der Waals surface area contributed by atoms with Crippen molar-refractivity contribution in [1.29, 1.82) is 0 Å². The van der Waals surface area contributed by atoms with E-state index in [1.54, 1.807) is 0 Å². The fourth-order valence-electron chi connectivity index (χ4n) is 3.27. The predicted molar refractivity (Wildman–Crippen MR) is 139 cm³/mol. The SMILES string of the molecule is NNc1ccc(C(=O)NCC#Cc2cn([C@H]3C[C@H](O)[C@@H](COP(=O)(O)OP(=O)(O)OP(=O)(O)O)O3)c(=O)nc2N)cn1. The van der Waals surface area contributed by atoms with Crippen LogP contribution < -0.4 is 28.0 Å². The third kappa shape index (κ3) is 9.76. The molecule has 0 radical (unpaired) electrons. The molecule has 1 aliphatic heterocycles. The summed E-state index contributed by atoms with van der Waals surface area (Å²) in [5.74, 6) is 10.1. The van der Waals surface area contributed by atoms with Crippen molar-refractivity contribution >= 4 is 41.0 Å². The van der Waals surface area contributed by atoms with Gasteiger partial charge < -0.3 is 45.9 Å². The summed E-state index contributed by atoms with van der Waals surface area (Å²) >= 11 is 0. The average Bonchev–Trinajstić information content (AvgIpc) is 3.24. The first-order valence-corrected chi connectivity index (χ1v) is 15.7. The number of phosphoric ester groups is 1. The Morgan fingerprint density at radius 3 is 2.52 bits per heavy atom. The number of ether oxygens (including phenoxy) is 1. The van der Waals surface area contributed by atoms with Gasteiger partial charge in [-0.15, -0.1) is 0 Å². The van der Waals surface area contributed by atoms with Crippen molar-refractivity contribution in [2.75, 3.05) is 24.3 Å². The van der Waals surface area contributed by atoms with Gasteiger partial charge in [0, 0.05) is 18.8 Å². The lowest BCUT2D eigenvalue weighted by atomic mass is 10.2. The topological polar surface area (TPSA) is 330 Å². The molecule has 2 aromatic rings. The number of carbonyl (C=O) groups is 1. The van der Waals surface area contributed by atoms with Crippen molar-refractivity contribution < 1.29 is 61.1 Å². The number of nitrogens with one attached hydrogen (secondary N) is 2. The number of nitrogens with two attached hydrogens (primary N) is 2. The second-order valence-electron chi connectivity index (χ2n) is 8.11. The van der Waals surface area contributed by atoms with Gasteiger partial charge in [0.05, 0.1) is 30.4 Å². The quantitative estimate of drug-likeness (QED) is 0.0562. The zero-order chi connectivity index (χ0) is 31.3. The summed E-state index contributed by atoms with van der Waals surface area (Å²) in [5, 5.41) is 12.8. The molecule has 1 aliphatic rings. The number of aliphatic hydroxyl groups is 1. The highest BCUT2D eigenvalue weighted by molar-refractivity contribution is 7.66. The fourth-order valence-corrected chi connectivity index (χ4v) is 6.30. The highest BCUT2D eigenvalue weighted by Gasteiger charge is 2.43. The zero-order valence-electron chi connectivity index (χ0n) is 20.9. The molecule has 2 unspecified atom stereocenters. The molecule has 2 aromatic heterocycles. The van der Waals surface area contributed by atoms with E-state index in [0.717, 1.165) is 4.57 Å². The van der Waals surface area contributed by atoms with Crippen LogP contribution in [0.2, 0.25) is 0 Å². The van der Waals surface area contributed by atoms with Crippen LogP contribution in [0.1, 0.15) is 28.6 Å². The number of aliphatic hydroxyl groups excluding tert-OH is 1. The fraction of sp³-hybridized carbons (Fsp3) is 0.333. The predicted octanol–water partition coefficient (Wildman–Crippen LogP) is -1.72. The van der Waals surface area contributed by atoms with Gasteiger partial charge in [0.2, 0.25) is 0 Å². The third-order valence-electron chi connectivity index (χ3n) is 5.05. The molecule has 5 atom stereocenters. The van der Waals surface area contributed by atoms with E-state index in [4.69, 9.17) is 26.1 Å². The van der Waals surface area contributed by atoms with E-state index in [0.29, 0.717) is 5.82 Å². The van der Waals surface area contributed by atoms with Crippen LogP contribution in [0.5, 0.6) is 0 Å². The third-order valence-corrected chi connectivity index (χ3v) is 8.85. The van der Waals surface area contributed by atoms with E-state index in [9.17, 15) is 38.2 Å². The molecular weight excluding hydrogens is 631 g/mol. The van der Waals surface area contributed by atoms with E-state index < -0.39 is 60.1 Å². The summed E-state index contributed by atoms with van der Waals surface area (Å²) in [5.41, 5.74) is 7.48. The Morgan fingerprint density at radius 1 is 1.19 bits per heavy atom. The Kier molecular flexibility index (Phi) is 10.8. The van der Waals surface area contributed by atoms with Crippen molar-refractivity contribution in [3.8, 4) is 11.8 Å². The van der Waals surface area contributed by atoms with Crippen molar-refractivity contribution in [2.45, 2.75) is 24.9 Å². The molecule has 21 nitrogen and oxygen atoms in total. The van der Waals surface area contributed by atoms with Crippen molar-refractivity contribution in [2.24, 2.45) is 5.84 Å². The Morgan fingerprint density at radius 2 is 1.90 bits per heavy atom. The van der Waals surface area contributed by atoms with Crippen molar-refractivity contribution in [3.05, 3.63) is 46.1 Å². The molecule has 0 bridgehead atoms. The van der Waals surface area contributed by atoms with Gasteiger partial charge in [0.1, 0.15) is 24.0 Å². The number of hydrogen-bond donors (Lipinski definition) is 9. The summed E-state index contributed by atoms with van der Waals surface area (Å²) < 4.78 is 52.1. The maximum absolute atomic E-state index is 12.4. The minimum Gasteiger partial charge on any atom is -0.390 e. The number of anilines is 2. The van der Waals surface area contributed by atoms with Crippen molar-refractivity contribution in [1.82, 2.24) is 19.9 Å². The van der Waals surface area contributed by atoms with E-state index in [1.807, 2.05) is 0 Å². The first-order chi connectivity index (χ1) is 19.5. The van der Waals surface area contributed by atoms with E-state index >= 15 is 0 Å². The lowest BCUT2D eigenvalue weighted by Crippen LogP contribution is -2.29. The van der Waals surface area contributed by atoms with Gasteiger partial charge >= 0.3 is 29.2 Å². The largest absolute Gasteiger partial charge is 0.490 e. The van der Waals surface area contributed by atoms with Crippen LogP contribution in [0, 0.1) is 11.8 Å². The molecule has 24 heteroatoms. The van der Waals surface area contributed by atoms with E-state index in [1.165, 1.54) is 24.5 Å². The molecule has 11 N–H and O–H groups in total. The summed E-state index contributed by atoms with van der Waals surface area (Å²) in [6.45, 7) is -1.07. The Bertz CT molecular complexity index is 1570. The average molecular weight is 655 g/mol. The highest BCUT2D eigenvalue weighted by Crippen LogP contribution is 2.66. The number of nitrogen functional groups attached to an aromatic ring is 2. The molecular formula is C18H24N7O14P3. The monoisotopic (exact) mass is 655 g/mol. The minimum absolute atomic E-state index is 0.0543. The van der Waals surface area contributed by atoms with Gasteiger partial charge in [-0.2, -0.15) is 13.6 Å². The molecule has 230 valence electrons. The zero-order valence-corrected chi connectivity index (χ0v) is 23.6. The Labute approximate surface area is 235 Å². The number of pyridine rings is 1. The lowest BCUT2D eigenvalue weighted by molar-refractivity contribution is -0.0449. The molecule has 0 spiro atoms. The Balaban J connectivity index is 1.62. The molecule has 0 aliphatic carbocycles. The normalized spacial score (nSPS) is 21.4. The van der Waals surface area contributed by atoms with Gasteiger partial charge in [0.25, 0.3) is 5.91 Å². The number of hydrazine groups is 1. The van der Waals surface area contributed by atoms with Gasteiger partial charge in [0.15, 0.2) is 0 Å². The molecule has 0 aromatic carbocycles. The number of aromatic nitrogens is 3. The molecule has 3 rings (SSSR count). The number of phosphoric acid groups is 3. The van der Waals surface area contributed by atoms with Crippen LogP contribution >= 0.6 is 23.5 Å². The Hall–Kier alpha value is -3.05. The number of amides is 1.